The topological polar surface area (TPSA) is 63.2 Å². The van der Waals surface area contributed by atoms with E-state index >= 15 is 0 Å². The van der Waals surface area contributed by atoms with Gasteiger partial charge in [0.15, 0.2) is 9.84 Å². The number of carbonyl (C=O) groups excluding carboxylic acids is 1. The molecule has 0 saturated carbocycles. The van der Waals surface area contributed by atoms with E-state index in [1.165, 1.54) is 12.1 Å². The summed E-state index contributed by atoms with van der Waals surface area (Å²) in [5, 5.41) is 2.02. The van der Waals surface area contributed by atoms with Crippen LogP contribution in [0, 0.1) is 5.41 Å². The molecule has 1 rings (SSSR count). The summed E-state index contributed by atoms with van der Waals surface area (Å²) in [6.07, 6.45) is -4.63. The molecule has 0 saturated heterocycles. The zero-order valence-electron chi connectivity index (χ0n) is 12.5. The number of nitrogens with one attached hydrogen (secondary N) is 1. The molecule has 0 heterocycles. The Labute approximate surface area is 127 Å². The van der Waals surface area contributed by atoms with Gasteiger partial charge in [0.05, 0.1) is 17.0 Å². The lowest BCUT2D eigenvalue weighted by atomic mass is 10.0. The molecule has 0 fully saturated rings. The van der Waals surface area contributed by atoms with Crippen molar-refractivity contribution in [2.75, 3.05) is 16.8 Å². The molecule has 0 spiro atoms. The summed E-state index contributed by atoms with van der Waals surface area (Å²) in [5.41, 5.74) is -2.01. The Bertz CT molecular complexity index is 646. The van der Waals surface area contributed by atoms with Crippen molar-refractivity contribution in [2.24, 2.45) is 5.41 Å². The summed E-state index contributed by atoms with van der Waals surface area (Å²) >= 11 is 0. The Morgan fingerprint density at radius 1 is 1.14 bits per heavy atom. The lowest BCUT2D eigenvalue weighted by Crippen LogP contribution is -2.30. The average Bonchev–Trinajstić information content (AvgIpc) is 2.23. The summed E-state index contributed by atoms with van der Waals surface area (Å²) in [6.45, 7) is 5.09. The molecule has 0 unspecified atom stereocenters. The number of hydrogen-bond donors (Lipinski definition) is 1. The molecule has 22 heavy (non-hydrogen) atoms. The quantitative estimate of drug-likeness (QED) is 0.918. The lowest BCUT2D eigenvalue weighted by molar-refractivity contribution is -0.137. The summed E-state index contributed by atoms with van der Waals surface area (Å²) in [6, 6.07) is 4.42. The van der Waals surface area contributed by atoms with E-state index in [1.54, 1.807) is 20.8 Å². The standard InChI is InChI=1S/C14H18F3NO3S/c1-13(2,3)9-22(20,21)8-12(19)18-11-7-5-4-6-10(11)14(15,16)17/h4-7H,8-9H2,1-3H3,(H,18,19). The van der Waals surface area contributed by atoms with E-state index in [1.807, 2.05) is 5.32 Å². The van der Waals surface area contributed by atoms with Gasteiger partial charge in [-0.2, -0.15) is 13.2 Å². The molecular weight excluding hydrogens is 319 g/mol. The monoisotopic (exact) mass is 337 g/mol. The summed E-state index contributed by atoms with van der Waals surface area (Å²) in [4.78, 5) is 11.7. The molecule has 0 atom stereocenters. The van der Waals surface area contributed by atoms with Crippen LogP contribution < -0.4 is 5.32 Å². The molecule has 0 radical (unpaired) electrons. The molecule has 1 amide bonds. The Hall–Kier alpha value is -1.57. The zero-order chi connectivity index (χ0) is 17.2. The molecule has 0 aromatic heterocycles. The average molecular weight is 337 g/mol. The second kappa shape index (κ2) is 6.28. The maximum absolute atomic E-state index is 12.8. The fraction of sp³-hybridized carbons (Fsp3) is 0.500. The van der Waals surface area contributed by atoms with Crippen LogP contribution in [-0.4, -0.2) is 25.8 Å². The van der Waals surface area contributed by atoms with E-state index in [-0.39, 0.29) is 5.75 Å². The molecule has 124 valence electrons. The Balaban J connectivity index is 2.87. The van der Waals surface area contributed by atoms with E-state index in [0.717, 1.165) is 12.1 Å². The van der Waals surface area contributed by atoms with Crippen molar-refractivity contribution < 1.29 is 26.4 Å². The number of sulfone groups is 1. The maximum Gasteiger partial charge on any atom is 0.418 e. The van der Waals surface area contributed by atoms with Gasteiger partial charge in [-0.15, -0.1) is 0 Å². The van der Waals surface area contributed by atoms with Crippen LogP contribution >= 0.6 is 0 Å². The molecule has 1 aromatic carbocycles. The number of rotatable bonds is 4. The van der Waals surface area contributed by atoms with Gasteiger partial charge in [0.25, 0.3) is 0 Å². The normalized spacial score (nSPS) is 13.0. The molecule has 0 bridgehead atoms. The van der Waals surface area contributed by atoms with Crippen molar-refractivity contribution in [2.45, 2.75) is 26.9 Å². The van der Waals surface area contributed by atoms with Gasteiger partial charge in [-0.3, -0.25) is 4.79 Å². The third kappa shape index (κ3) is 6.05. The third-order valence-corrected chi connectivity index (χ3v) is 4.52. The molecule has 4 nitrogen and oxygen atoms in total. The SMILES string of the molecule is CC(C)(C)CS(=O)(=O)CC(=O)Nc1ccccc1C(F)(F)F. The van der Waals surface area contributed by atoms with Crippen molar-refractivity contribution in [3.63, 3.8) is 0 Å². The van der Waals surface area contributed by atoms with Gasteiger partial charge >= 0.3 is 6.18 Å². The minimum absolute atomic E-state index is 0.228. The highest BCUT2D eigenvalue weighted by atomic mass is 32.2. The first kappa shape index (κ1) is 18.5. The smallest absolute Gasteiger partial charge is 0.325 e. The maximum atomic E-state index is 12.8. The lowest BCUT2D eigenvalue weighted by Gasteiger charge is -2.18. The number of para-hydroxylation sites is 1. The first-order chi connectivity index (χ1) is 9.80. The number of anilines is 1. The largest absolute Gasteiger partial charge is 0.418 e. The van der Waals surface area contributed by atoms with Crippen molar-refractivity contribution in [1.29, 1.82) is 0 Å². The van der Waals surface area contributed by atoms with Gasteiger partial charge in [0, 0.05) is 0 Å². The van der Waals surface area contributed by atoms with Crippen LogP contribution in [0.3, 0.4) is 0 Å². The predicted octanol–water partition coefficient (Wildman–Crippen LogP) is 3.10. The van der Waals surface area contributed by atoms with Gasteiger partial charge in [0.2, 0.25) is 5.91 Å². The summed E-state index contributed by atoms with van der Waals surface area (Å²) in [7, 11) is -3.70. The Morgan fingerprint density at radius 3 is 2.18 bits per heavy atom. The van der Waals surface area contributed by atoms with Crippen molar-refractivity contribution in [3.8, 4) is 0 Å². The second-order valence-electron chi connectivity index (χ2n) is 6.18. The fourth-order valence-corrected chi connectivity index (χ4v) is 3.83. The Kier molecular flexibility index (Phi) is 5.27. The number of amides is 1. The van der Waals surface area contributed by atoms with Gasteiger partial charge in [-0.1, -0.05) is 32.9 Å². The highest BCUT2D eigenvalue weighted by molar-refractivity contribution is 7.92. The molecule has 0 aliphatic carbocycles. The van der Waals surface area contributed by atoms with Crippen LogP contribution in [0.15, 0.2) is 24.3 Å². The molecule has 1 N–H and O–H groups in total. The first-order valence-corrected chi connectivity index (χ1v) is 8.29. The van der Waals surface area contributed by atoms with E-state index in [9.17, 15) is 26.4 Å². The number of halogens is 3. The van der Waals surface area contributed by atoms with E-state index in [2.05, 4.69) is 0 Å². The highest BCUT2D eigenvalue weighted by Crippen LogP contribution is 2.34. The van der Waals surface area contributed by atoms with E-state index in [0.29, 0.717) is 0 Å². The molecule has 1 aromatic rings. The molecule has 0 aliphatic heterocycles. The van der Waals surface area contributed by atoms with Gasteiger partial charge < -0.3 is 5.32 Å². The van der Waals surface area contributed by atoms with Crippen LogP contribution in [-0.2, 0) is 20.8 Å². The van der Waals surface area contributed by atoms with Crippen molar-refractivity contribution >= 4 is 21.4 Å². The second-order valence-corrected chi connectivity index (χ2v) is 8.25. The van der Waals surface area contributed by atoms with Crippen LogP contribution in [0.2, 0.25) is 0 Å². The van der Waals surface area contributed by atoms with Crippen molar-refractivity contribution in [1.82, 2.24) is 0 Å². The molecule has 8 heteroatoms. The summed E-state index contributed by atoms with van der Waals surface area (Å²) in [5.74, 6) is -2.06. The Morgan fingerprint density at radius 2 is 1.68 bits per heavy atom. The predicted molar refractivity (Wildman–Crippen MR) is 78.2 cm³/mol. The van der Waals surface area contributed by atoms with Crippen LogP contribution in [0.25, 0.3) is 0 Å². The third-order valence-electron chi connectivity index (χ3n) is 2.51. The fourth-order valence-electron chi connectivity index (χ4n) is 1.94. The minimum Gasteiger partial charge on any atom is -0.325 e. The van der Waals surface area contributed by atoms with Gasteiger partial charge in [-0.05, 0) is 17.5 Å². The highest BCUT2D eigenvalue weighted by Gasteiger charge is 2.34. The van der Waals surface area contributed by atoms with E-state index < -0.39 is 44.3 Å². The van der Waals surface area contributed by atoms with Crippen LogP contribution in [0.4, 0.5) is 18.9 Å². The number of carbonyl (C=O) groups is 1. The molecule has 0 aliphatic rings. The number of hydrogen-bond acceptors (Lipinski definition) is 3. The zero-order valence-corrected chi connectivity index (χ0v) is 13.3. The number of alkyl halides is 3. The molecular formula is C14H18F3NO3S. The first-order valence-electron chi connectivity index (χ1n) is 6.47. The van der Waals surface area contributed by atoms with Crippen molar-refractivity contribution in [3.05, 3.63) is 29.8 Å². The van der Waals surface area contributed by atoms with E-state index in [4.69, 9.17) is 0 Å². The van der Waals surface area contributed by atoms with Crippen LogP contribution in [0.5, 0.6) is 0 Å². The number of benzene rings is 1. The van der Waals surface area contributed by atoms with Gasteiger partial charge in [-0.25, -0.2) is 8.42 Å². The minimum atomic E-state index is -4.63. The van der Waals surface area contributed by atoms with Crippen LogP contribution in [0.1, 0.15) is 26.3 Å². The van der Waals surface area contributed by atoms with Gasteiger partial charge in [0.1, 0.15) is 5.75 Å². The summed E-state index contributed by atoms with van der Waals surface area (Å²) < 4.78 is 62.1.